The number of anilines is 2. The van der Waals surface area contributed by atoms with Crippen molar-refractivity contribution in [2.45, 2.75) is 22.1 Å². The predicted molar refractivity (Wildman–Crippen MR) is 144 cm³/mol. The lowest BCUT2D eigenvalue weighted by molar-refractivity contribution is -0.119. The molecule has 9 heteroatoms. The number of hydrogen-bond acceptors (Lipinski definition) is 6. The van der Waals surface area contributed by atoms with Gasteiger partial charge in [-0.05, 0) is 72.9 Å². The zero-order valence-corrected chi connectivity index (χ0v) is 21.1. The van der Waals surface area contributed by atoms with Gasteiger partial charge in [0.25, 0.3) is 0 Å². The van der Waals surface area contributed by atoms with Crippen LogP contribution in [0, 0.1) is 0 Å². The lowest BCUT2D eigenvalue weighted by Gasteiger charge is -2.26. The largest absolute Gasteiger partial charge is 0.452 e. The van der Waals surface area contributed by atoms with E-state index in [-0.39, 0.29) is 24.6 Å². The van der Waals surface area contributed by atoms with Gasteiger partial charge in [0, 0.05) is 29.6 Å². The first-order valence-corrected chi connectivity index (χ1v) is 12.6. The molecule has 1 fully saturated rings. The molecule has 1 aliphatic heterocycles. The molecule has 0 saturated carbocycles. The third kappa shape index (κ3) is 5.28. The fourth-order valence-corrected chi connectivity index (χ4v) is 5.25. The Bertz CT molecular complexity index is 1330. The van der Waals surface area contributed by atoms with Gasteiger partial charge in [0.05, 0.1) is 11.7 Å². The Morgan fingerprint density at radius 2 is 1.86 bits per heavy atom. The summed E-state index contributed by atoms with van der Waals surface area (Å²) in [5.74, 6) is 0.560. The second-order valence-corrected chi connectivity index (χ2v) is 9.56. The molecule has 4 aromatic rings. The van der Waals surface area contributed by atoms with Crippen LogP contribution in [-0.4, -0.2) is 29.7 Å². The Labute approximate surface area is 218 Å². The Balaban J connectivity index is 1.46. The van der Waals surface area contributed by atoms with Crippen molar-refractivity contribution in [2.24, 2.45) is 0 Å². The van der Waals surface area contributed by atoms with Crippen molar-refractivity contribution in [2.75, 3.05) is 23.9 Å². The summed E-state index contributed by atoms with van der Waals surface area (Å²) in [5.41, 5.74) is 2.41. The van der Waals surface area contributed by atoms with Crippen molar-refractivity contribution in [1.29, 1.82) is 0 Å². The van der Waals surface area contributed by atoms with Crippen molar-refractivity contribution in [3.8, 4) is 0 Å². The molecule has 1 saturated heterocycles. The van der Waals surface area contributed by atoms with Gasteiger partial charge in [-0.3, -0.25) is 9.78 Å². The average molecular weight is 517 g/mol. The summed E-state index contributed by atoms with van der Waals surface area (Å²) in [4.78, 5) is 19.6. The number of benzene rings is 2. The highest BCUT2D eigenvalue weighted by Crippen LogP contribution is 2.43. The maximum Gasteiger partial charge on any atom is 0.250 e. The van der Waals surface area contributed by atoms with E-state index in [9.17, 15) is 4.79 Å². The quantitative estimate of drug-likeness (QED) is 0.294. The fourth-order valence-electron chi connectivity index (χ4n) is 4.11. The minimum atomic E-state index is -0.258. The van der Waals surface area contributed by atoms with Gasteiger partial charge >= 0.3 is 0 Å². The molecule has 182 valence electrons. The number of amides is 1. The molecule has 36 heavy (non-hydrogen) atoms. The molecule has 1 aliphatic rings. The van der Waals surface area contributed by atoms with E-state index in [4.69, 9.17) is 21.4 Å². The molecule has 0 radical (unpaired) electrons. The first-order chi connectivity index (χ1) is 17.6. The molecule has 3 heterocycles. The maximum absolute atomic E-state index is 11.9. The zero-order chi connectivity index (χ0) is 24.9. The monoisotopic (exact) mass is 516 g/mol. The molecule has 2 aromatic carbocycles. The van der Waals surface area contributed by atoms with Crippen molar-refractivity contribution in [1.82, 2.24) is 10.3 Å². The van der Waals surface area contributed by atoms with Crippen molar-refractivity contribution in [3.63, 3.8) is 0 Å². The third-order valence-electron chi connectivity index (χ3n) is 5.66. The SMILES string of the molecule is COCC(=O)Nc1ccc(N2C(=S)N[C@H](c3ccccn3)[C@@H]2c2ccc(Sc3ccccc3)o2)cc1. The Hall–Kier alpha value is -3.66. The van der Waals surface area contributed by atoms with Crippen molar-refractivity contribution >= 4 is 46.4 Å². The van der Waals surface area contributed by atoms with Crippen LogP contribution in [0.3, 0.4) is 0 Å². The van der Waals surface area contributed by atoms with Crippen LogP contribution in [0.4, 0.5) is 11.4 Å². The Morgan fingerprint density at radius 3 is 2.58 bits per heavy atom. The number of nitrogens with one attached hydrogen (secondary N) is 2. The van der Waals surface area contributed by atoms with Gasteiger partial charge in [-0.1, -0.05) is 36.0 Å². The van der Waals surface area contributed by atoms with E-state index < -0.39 is 0 Å². The standard InChI is InChI=1S/C27H24N4O3S2/c1-33-17-23(32)29-18-10-12-19(13-11-18)31-26(25(30-27(31)35)21-9-5-6-16-28-21)22-14-15-24(34-22)36-20-7-3-2-4-8-20/h2-16,25-26H,17H2,1H3,(H,29,32)(H,30,35)/t25-,26+/m1/s1. The molecule has 5 rings (SSSR count). The topological polar surface area (TPSA) is 79.6 Å². The van der Waals surface area contributed by atoms with Gasteiger partial charge in [0.2, 0.25) is 5.91 Å². The fraction of sp³-hybridized carbons (Fsp3) is 0.148. The first kappa shape index (κ1) is 24.1. The van der Waals surface area contributed by atoms with E-state index in [1.165, 1.54) is 7.11 Å². The van der Waals surface area contributed by atoms with E-state index in [2.05, 4.69) is 27.8 Å². The number of methoxy groups -OCH3 is 1. The molecule has 2 atom stereocenters. The lowest BCUT2D eigenvalue weighted by atomic mass is 10.0. The highest BCUT2D eigenvalue weighted by atomic mass is 32.2. The van der Waals surface area contributed by atoms with E-state index >= 15 is 0 Å². The predicted octanol–water partition coefficient (Wildman–Crippen LogP) is 5.59. The van der Waals surface area contributed by atoms with Crippen LogP contribution in [0.2, 0.25) is 0 Å². The van der Waals surface area contributed by atoms with Crippen LogP contribution >= 0.6 is 24.0 Å². The van der Waals surface area contributed by atoms with Crippen molar-refractivity contribution < 1.29 is 13.9 Å². The summed E-state index contributed by atoms with van der Waals surface area (Å²) in [6.07, 6.45) is 1.77. The number of rotatable bonds is 8. The second kappa shape index (κ2) is 10.9. The average Bonchev–Trinajstić information content (AvgIpc) is 3.49. The number of pyridine rings is 1. The summed E-state index contributed by atoms with van der Waals surface area (Å²) in [7, 11) is 1.49. The molecule has 0 bridgehead atoms. The van der Waals surface area contributed by atoms with Crippen LogP contribution in [0.15, 0.2) is 106 Å². The Morgan fingerprint density at radius 1 is 1.08 bits per heavy atom. The van der Waals surface area contributed by atoms with Crippen LogP contribution in [0.1, 0.15) is 23.5 Å². The molecule has 2 aromatic heterocycles. The van der Waals surface area contributed by atoms with Gasteiger partial charge in [-0.15, -0.1) is 0 Å². The van der Waals surface area contributed by atoms with Crippen LogP contribution in [0.25, 0.3) is 0 Å². The normalized spacial score (nSPS) is 17.1. The first-order valence-electron chi connectivity index (χ1n) is 11.3. The molecule has 7 nitrogen and oxygen atoms in total. The van der Waals surface area contributed by atoms with Gasteiger partial charge in [-0.2, -0.15) is 0 Å². The van der Waals surface area contributed by atoms with E-state index in [0.717, 1.165) is 27.1 Å². The van der Waals surface area contributed by atoms with Crippen LogP contribution in [-0.2, 0) is 9.53 Å². The number of carbonyl (C=O) groups excluding carboxylic acids is 1. The van der Waals surface area contributed by atoms with Crippen molar-refractivity contribution in [3.05, 3.63) is 103 Å². The van der Waals surface area contributed by atoms with Gasteiger partial charge < -0.3 is 24.7 Å². The van der Waals surface area contributed by atoms with E-state index in [0.29, 0.717) is 10.8 Å². The smallest absolute Gasteiger partial charge is 0.250 e. The zero-order valence-electron chi connectivity index (χ0n) is 19.5. The number of carbonyl (C=O) groups is 1. The minimum Gasteiger partial charge on any atom is -0.452 e. The number of thiocarbonyl (C=S) groups is 1. The third-order valence-corrected chi connectivity index (χ3v) is 6.90. The maximum atomic E-state index is 11.9. The van der Waals surface area contributed by atoms with E-state index in [1.54, 1.807) is 18.0 Å². The second-order valence-electron chi connectivity index (χ2n) is 8.10. The molecule has 0 unspecified atom stereocenters. The molecule has 1 amide bonds. The lowest BCUT2D eigenvalue weighted by Crippen LogP contribution is -2.29. The summed E-state index contributed by atoms with van der Waals surface area (Å²) in [6.45, 7) is -0.00245. The molecule has 0 aliphatic carbocycles. The minimum absolute atomic E-state index is 0.00245. The number of hydrogen-bond donors (Lipinski definition) is 2. The number of nitrogens with zero attached hydrogens (tertiary/aromatic N) is 2. The summed E-state index contributed by atoms with van der Waals surface area (Å²) >= 11 is 7.35. The summed E-state index contributed by atoms with van der Waals surface area (Å²) in [6, 6.07) is 27.0. The number of ether oxygens (including phenoxy) is 1. The molecular formula is C27H24N4O3S2. The van der Waals surface area contributed by atoms with Gasteiger partial charge in [0.1, 0.15) is 18.4 Å². The number of aromatic nitrogens is 1. The summed E-state index contributed by atoms with van der Waals surface area (Å²) < 4.78 is 11.2. The Kier molecular flexibility index (Phi) is 7.31. The highest BCUT2D eigenvalue weighted by Gasteiger charge is 2.42. The number of furan rings is 1. The summed E-state index contributed by atoms with van der Waals surface area (Å²) in [5, 5.41) is 7.61. The van der Waals surface area contributed by atoms with E-state index in [1.807, 2.05) is 77.7 Å². The molecule has 2 N–H and O–H groups in total. The van der Waals surface area contributed by atoms with Crippen LogP contribution in [0.5, 0.6) is 0 Å². The molecule has 0 spiro atoms. The molecular weight excluding hydrogens is 492 g/mol. The highest BCUT2D eigenvalue weighted by molar-refractivity contribution is 7.99. The van der Waals surface area contributed by atoms with Gasteiger partial charge in [-0.25, -0.2) is 0 Å². The van der Waals surface area contributed by atoms with Gasteiger partial charge in [0.15, 0.2) is 10.2 Å². The van der Waals surface area contributed by atoms with Crippen LogP contribution < -0.4 is 15.5 Å².